The first-order valence-electron chi connectivity index (χ1n) is 7.62. The Bertz CT molecular complexity index is 502. The van der Waals surface area contributed by atoms with Crippen molar-refractivity contribution in [3.8, 4) is 0 Å². The molecule has 1 aliphatic heterocycles. The Balaban J connectivity index is 2.37. The van der Waals surface area contributed by atoms with E-state index in [-0.39, 0.29) is 12.1 Å². The van der Waals surface area contributed by atoms with E-state index in [0.717, 1.165) is 18.6 Å². The van der Waals surface area contributed by atoms with Crippen LogP contribution in [0, 0.1) is 6.92 Å². The molecule has 1 aromatic heterocycles. The van der Waals surface area contributed by atoms with E-state index in [1.54, 1.807) is 11.3 Å². The number of hydrogen-bond acceptors (Lipinski definition) is 4. The van der Waals surface area contributed by atoms with Crippen LogP contribution >= 0.6 is 23.1 Å². The summed E-state index contributed by atoms with van der Waals surface area (Å²) in [4.78, 5) is 17.6. The first-order valence-corrected chi connectivity index (χ1v) is 9.83. The summed E-state index contributed by atoms with van der Waals surface area (Å²) in [7, 11) is 0. The van der Waals surface area contributed by atoms with Crippen LogP contribution < -0.4 is 5.32 Å². The first kappa shape index (κ1) is 16.8. The Labute approximate surface area is 136 Å². The number of carbonyl (C=O) groups is 1. The number of amides is 1. The van der Waals surface area contributed by atoms with Gasteiger partial charge in [0.25, 0.3) is 0 Å². The van der Waals surface area contributed by atoms with Crippen molar-refractivity contribution in [2.75, 3.05) is 12.0 Å². The van der Waals surface area contributed by atoms with Gasteiger partial charge in [-0.05, 0) is 45.1 Å². The van der Waals surface area contributed by atoms with E-state index in [1.165, 1.54) is 9.75 Å². The molecule has 1 aliphatic rings. The summed E-state index contributed by atoms with van der Waals surface area (Å²) in [6.07, 6.45) is 3.95. The Morgan fingerprint density at radius 2 is 2.19 bits per heavy atom. The maximum Gasteiger partial charge on any atom is 0.244 e. The molecule has 0 radical (unpaired) electrons. The van der Waals surface area contributed by atoms with Gasteiger partial charge < -0.3 is 4.90 Å². The fourth-order valence-electron chi connectivity index (χ4n) is 2.86. The van der Waals surface area contributed by atoms with Crippen molar-refractivity contribution in [3.63, 3.8) is 0 Å². The number of carbonyl (C=O) groups excluding carboxylic acids is 1. The quantitative estimate of drug-likeness (QED) is 0.863. The van der Waals surface area contributed by atoms with Crippen molar-refractivity contribution in [3.05, 3.63) is 21.9 Å². The Hall–Kier alpha value is -0.520. The van der Waals surface area contributed by atoms with Gasteiger partial charge in [0, 0.05) is 21.5 Å². The van der Waals surface area contributed by atoms with Crippen molar-refractivity contribution in [1.82, 2.24) is 10.2 Å². The van der Waals surface area contributed by atoms with Crippen molar-refractivity contribution in [1.29, 1.82) is 0 Å². The summed E-state index contributed by atoms with van der Waals surface area (Å²) >= 11 is 3.60. The highest BCUT2D eigenvalue weighted by Crippen LogP contribution is 2.38. The van der Waals surface area contributed by atoms with Gasteiger partial charge in [0.05, 0.1) is 5.54 Å². The zero-order chi connectivity index (χ0) is 15.6. The topological polar surface area (TPSA) is 32.3 Å². The summed E-state index contributed by atoms with van der Waals surface area (Å²) in [5.41, 5.74) is -0.436. The van der Waals surface area contributed by atoms with Crippen LogP contribution in [0.5, 0.6) is 0 Å². The van der Waals surface area contributed by atoms with Crippen molar-refractivity contribution >= 4 is 29.0 Å². The molecule has 3 atom stereocenters. The molecular formula is C16H26N2OS2. The van der Waals surface area contributed by atoms with E-state index in [2.05, 4.69) is 49.4 Å². The predicted octanol–water partition coefficient (Wildman–Crippen LogP) is 3.80. The second kappa shape index (κ2) is 6.71. The predicted molar refractivity (Wildman–Crippen MR) is 92.9 cm³/mol. The standard InChI is InChI=1S/C16H26N2OS2/c1-6-12(10-20-5)18-14(13-9-8-11(3)21-13)17-16(4,7-2)15(18)19/h8-9,12,14,17H,6-7,10H2,1-5H3. The monoisotopic (exact) mass is 326 g/mol. The molecule has 1 amide bonds. The van der Waals surface area contributed by atoms with Gasteiger partial charge in [0.2, 0.25) is 5.91 Å². The lowest BCUT2D eigenvalue weighted by molar-refractivity contribution is -0.134. The van der Waals surface area contributed by atoms with Gasteiger partial charge in [-0.25, -0.2) is 0 Å². The van der Waals surface area contributed by atoms with Gasteiger partial charge in [0.15, 0.2) is 0 Å². The summed E-state index contributed by atoms with van der Waals surface area (Å²) < 4.78 is 0. The van der Waals surface area contributed by atoms with Crippen molar-refractivity contribution in [2.24, 2.45) is 0 Å². The lowest BCUT2D eigenvalue weighted by Gasteiger charge is -2.31. The van der Waals surface area contributed by atoms with Gasteiger partial charge in [-0.1, -0.05) is 13.8 Å². The number of aryl methyl sites for hydroxylation is 1. The van der Waals surface area contributed by atoms with Crippen molar-refractivity contribution < 1.29 is 4.79 Å². The van der Waals surface area contributed by atoms with Gasteiger partial charge in [-0.2, -0.15) is 11.8 Å². The van der Waals surface area contributed by atoms with E-state index in [9.17, 15) is 4.79 Å². The number of nitrogens with zero attached hydrogens (tertiary/aromatic N) is 1. The zero-order valence-electron chi connectivity index (χ0n) is 13.6. The molecular weight excluding hydrogens is 300 g/mol. The lowest BCUT2D eigenvalue weighted by Crippen LogP contribution is -2.45. The Morgan fingerprint density at radius 1 is 1.48 bits per heavy atom. The number of rotatable bonds is 6. The summed E-state index contributed by atoms with van der Waals surface area (Å²) in [5.74, 6) is 1.24. The molecule has 0 saturated carbocycles. The lowest BCUT2D eigenvalue weighted by atomic mass is 9.99. The van der Waals surface area contributed by atoms with Crippen molar-refractivity contribution in [2.45, 2.75) is 58.3 Å². The smallest absolute Gasteiger partial charge is 0.244 e. The number of hydrogen-bond donors (Lipinski definition) is 1. The molecule has 21 heavy (non-hydrogen) atoms. The van der Waals surface area contributed by atoms with Crippen LogP contribution in [-0.4, -0.2) is 34.4 Å². The van der Waals surface area contributed by atoms with Gasteiger partial charge >= 0.3 is 0 Å². The fraction of sp³-hybridized carbons (Fsp3) is 0.688. The third-order valence-corrected chi connectivity index (χ3v) is 6.17. The molecule has 1 saturated heterocycles. The summed E-state index contributed by atoms with van der Waals surface area (Å²) in [6.45, 7) is 8.41. The van der Waals surface area contributed by atoms with Gasteiger partial charge in [0.1, 0.15) is 6.17 Å². The average Bonchev–Trinajstić information content (AvgIpc) is 3.00. The summed E-state index contributed by atoms with van der Waals surface area (Å²) in [5, 5.41) is 3.60. The third-order valence-electron chi connectivity index (χ3n) is 4.40. The average molecular weight is 327 g/mol. The van der Waals surface area contributed by atoms with E-state index in [1.807, 2.05) is 18.7 Å². The van der Waals surface area contributed by atoms with E-state index < -0.39 is 5.54 Å². The largest absolute Gasteiger partial charge is 0.317 e. The molecule has 1 N–H and O–H groups in total. The minimum Gasteiger partial charge on any atom is -0.317 e. The molecule has 3 nitrogen and oxygen atoms in total. The molecule has 1 aromatic rings. The third kappa shape index (κ3) is 3.15. The number of nitrogens with one attached hydrogen (secondary N) is 1. The highest BCUT2D eigenvalue weighted by Gasteiger charge is 2.49. The maximum absolute atomic E-state index is 13.0. The molecule has 5 heteroatoms. The molecule has 3 unspecified atom stereocenters. The Kier molecular flexibility index (Phi) is 5.38. The molecule has 0 aliphatic carbocycles. The molecule has 118 valence electrons. The fourth-order valence-corrected chi connectivity index (χ4v) is 4.57. The Morgan fingerprint density at radius 3 is 2.67 bits per heavy atom. The van der Waals surface area contributed by atoms with Crippen LogP contribution in [0.3, 0.4) is 0 Å². The molecule has 0 spiro atoms. The van der Waals surface area contributed by atoms with Crippen LogP contribution in [0.15, 0.2) is 12.1 Å². The second-order valence-electron chi connectivity index (χ2n) is 5.91. The number of thiophene rings is 1. The van der Waals surface area contributed by atoms with Crippen LogP contribution in [0.1, 0.15) is 49.5 Å². The molecule has 0 bridgehead atoms. The second-order valence-corrected chi connectivity index (χ2v) is 8.14. The van der Waals surface area contributed by atoms with Crippen LogP contribution in [0.25, 0.3) is 0 Å². The zero-order valence-corrected chi connectivity index (χ0v) is 15.2. The highest BCUT2D eigenvalue weighted by atomic mass is 32.2. The van der Waals surface area contributed by atoms with Crippen LogP contribution in [0.4, 0.5) is 0 Å². The molecule has 2 rings (SSSR count). The van der Waals surface area contributed by atoms with E-state index >= 15 is 0 Å². The SMILES string of the molecule is CCC(CSC)N1C(=O)C(C)(CC)NC1c1ccc(C)s1. The van der Waals surface area contributed by atoms with E-state index in [0.29, 0.717) is 6.04 Å². The van der Waals surface area contributed by atoms with Crippen LogP contribution in [-0.2, 0) is 4.79 Å². The highest BCUT2D eigenvalue weighted by molar-refractivity contribution is 7.98. The van der Waals surface area contributed by atoms with Gasteiger partial charge in [-0.3, -0.25) is 10.1 Å². The van der Waals surface area contributed by atoms with Gasteiger partial charge in [-0.15, -0.1) is 11.3 Å². The molecule has 0 aromatic carbocycles. The summed E-state index contributed by atoms with van der Waals surface area (Å²) in [6, 6.07) is 4.59. The minimum absolute atomic E-state index is 0.0262. The molecule has 2 heterocycles. The van der Waals surface area contributed by atoms with E-state index in [4.69, 9.17) is 0 Å². The minimum atomic E-state index is -0.436. The first-order chi connectivity index (χ1) is 9.96. The van der Waals surface area contributed by atoms with Crippen LogP contribution in [0.2, 0.25) is 0 Å². The maximum atomic E-state index is 13.0. The number of thioether (sulfide) groups is 1. The normalized spacial score (nSPS) is 27.4. The molecule has 1 fully saturated rings.